The summed E-state index contributed by atoms with van der Waals surface area (Å²) in [6, 6.07) is 12.4. The lowest BCUT2D eigenvalue weighted by molar-refractivity contribution is -0.116. The van der Waals surface area contributed by atoms with Crippen molar-refractivity contribution in [3.63, 3.8) is 0 Å². The fourth-order valence-corrected chi connectivity index (χ4v) is 6.99. The molecule has 1 aliphatic heterocycles. The molecule has 1 saturated heterocycles. The highest BCUT2D eigenvalue weighted by Gasteiger charge is 2.63. The first kappa shape index (κ1) is 22.5. The van der Waals surface area contributed by atoms with E-state index in [0.29, 0.717) is 17.4 Å². The number of hydrogen-bond donors (Lipinski definition) is 1. The molecule has 0 spiro atoms. The van der Waals surface area contributed by atoms with Gasteiger partial charge in [0.2, 0.25) is 5.91 Å². The van der Waals surface area contributed by atoms with Crippen LogP contribution in [0.4, 0.5) is 15.1 Å². The molecule has 172 valence electrons. The number of rotatable bonds is 6. The van der Waals surface area contributed by atoms with E-state index < -0.39 is 4.75 Å². The third-order valence-corrected chi connectivity index (χ3v) is 9.01. The number of carbonyl (C=O) groups is 1. The second-order valence-corrected chi connectivity index (χ2v) is 11.3. The van der Waals surface area contributed by atoms with Gasteiger partial charge in [0.05, 0.1) is 17.8 Å². The summed E-state index contributed by atoms with van der Waals surface area (Å²) in [5.74, 6) is 0.866. The second kappa shape index (κ2) is 8.81. The Balaban J connectivity index is 1.28. The van der Waals surface area contributed by atoms with Crippen LogP contribution in [0.1, 0.15) is 29.1 Å². The summed E-state index contributed by atoms with van der Waals surface area (Å²) < 4.78 is 20.7. The zero-order chi connectivity index (χ0) is 23.2. The van der Waals surface area contributed by atoms with Gasteiger partial charge in [-0.05, 0) is 85.7 Å². The van der Waals surface area contributed by atoms with Crippen LogP contribution in [0.25, 0.3) is 0 Å². The molecule has 2 heterocycles. The number of carbonyl (C=O) groups excluding carboxylic acids is 1. The van der Waals surface area contributed by atoms with Gasteiger partial charge in [0, 0.05) is 23.7 Å². The number of ether oxygens (including phenoxy) is 1. The lowest BCUT2D eigenvalue weighted by Crippen LogP contribution is -2.37. The van der Waals surface area contributed by atoms with Crippen LogP contribution in [-0.2, 0) is 11.2 Å². The number of aryl methyl sites for hydroxylation is 1. The van der Waals surface area contributed by atoms with E-state index in [-0.39, 0.29) is 11.7 Å². The SMILES string of the molecule is COc1ccc(N2CCC3CC3(C(=O)Nc3sc(Cc4cc(F)cc(Cl)c4)nc3C)S2)cc1. The molecule has 1 N–H and O–H groups in total. The standard InChI is InChI=1S/C24H23ClFN3O2S2/c1-14-22(32-21(27-14)11-15-9-17(25)12-18(26)10-15)28-23(30)24-13-16(24)7-8-29(33-24)19-3-5-20(31-2)6-4-19/h3-6,9-10,12,16H,7-8,11,13H2,1-2H3,(H,28,30). The zero-order valence-corrected chi connectivity index (χ0v) is 20.6. The van der Waals surface area contributed by atoms with Crippen LogP contribution in [0.5, 0.6) is 5.75 Å². The van der Waals surface area contributed by atoms with E-state index in [9.17, 15) is 9.18 Å². The Morgan fingerprint density at radius 1 is 1.33 bits per heavy atom. The van der Waals surface area contributed by atoms with E-state index >= 15 is 0 Å². The van der Waals surface area contributed by atoms with Gasteiger partial charge < -0.3 is 14.4 Å². The summed E-state index contributed by atoms with van der Waals surface area (Å²) in [4.78, 5) is 17.9. The summed E-state index contributed by atoms with van der Waals surface area (Å²) in [6.07, 6.45) is 2.33. The smallest absolute Gasteiger partial charge is 0.243 e. The molecule has 0 radical (unpaired) electrons. The summed E-state index contributed by atoms with van der Waals surface area (Å²) in [7, 11) is 1.65. The largest absolute Gasteiger partial charge is 0.497 e. The molecule has 1 saturated carbocycles. The maximum Gasteiger partial charge on any atom is 0.243 e. The minimum Gasteiger partial charge on any atom is -0.497 e. The Labute approximate surface area is 205 Å². The fourth-order valence-electron chi connectivity index (χ4n) is 4.26. The van der Waals surface area contributed by atoms with Crippen molar-refractivity contribution >= 4 is 51.5 Å². The molecule has 1 aromatic heterocycles. The minimum atomic E-state index is -0.440. The van der Waals surface area contributed by atoms with E-state index in [1.54, 1.807) is 25.1 Å². The van der Waals surface area contributed by atoms with E-state index in [1.165, 1.54) is 23.5 Å². The molecule has 5 rings (SSSR count). The highest BCUT2D eigenvalue weighted by atomic mass is 35.5. The van der Waals surface area contributed by atoms with Crippen LogP contribution in [0, 0.1) is 18.7 Å². The molecule has 0 bridgehead atoms. The summed E-state index contributed by atoms with van der Waals surface area (Å²) >= 11 is 9.03. The Hall–Kier alpha value is -2.29. The van der Waals surface area contributed by atoms with Crippen molar-refractivity contribution < 1.29 is 13.9 Å². The van der Waals surface area contributed by atoms with Crippen LogP contribution in [0.2, 0.25) is 5.02 Å². The van der Waals surface area contributed by atoms with Crippen LogP contribution in [-0.4, -0.2) is 29.3 Å². The zero-order valence-electron chi connectivity index (χ0n) is 18.2. The number of benzene rings is 2. The number of nitrogens with one attached hydrogen (secondary N) is 1. The van der Waals surface area contributed by atoms with Crippen molar-refractivity contribution in [2.24, 2.45) is 5.92 Å². The van der Waals surface area contributed by atoms with Gasteiger partial charge >= 0.3 is 0 Å². The number of thiazole rings is 1. The first-order valence-electron chi connectivity index (χ1n) is 10.7. The lowest BCUT2D eigenvalue weighted by atomic mass is 10.1. The predicted octanol–water partition coefficient (Wildman–Crippen LogP) is 6.10. The van der Waals surface area contributed by atoms with Crippen molar-refractivity contribution in [3.8, 4) is 5.75 Å². The van der Waals surface area contributed by atoms with Crippen LogP contribution in [0.3, 0.4) is 0 Å². The van der Waals surface area contributed by atoms with Gasteiger partial charge in [-0.3, -0.25) is 4.79 Å². The van der Waals surface area contributed by atoms with Crippen LogP contribution in [0.15, 0.2) is 42.5 Å². The fraction of sp³-hybridized carbons (Fsp3) is 0.333. The van der Waals surface area contributed by atoms with Crippen molar-refractivity contribution in [1.29, 1.82) is 0 Å². The molecule has 33 heavy (non-hydrogen) atoms. The van der Waals surface area contributed by atoms with Gasteiger partial charge in [0.25, 0.3) is 0 Å². The maximum absolute atomic E-state index is 13.7. The number of anilines is 2. The number of fused-ring (bicyclic) bond motifs is 1. The molecule has 2 aromatic carbocycles. The van der Waals surface area contributed by atoms with Crippen LogP contribution >= 0.6 is 34.9 Å². The molecule has 2 atom stereocenters. The van der Waals surface area contributed by atoms with Crippen molar-refractivity contribution in [3.05, 3.63) is 69.6 Å². The van der Waals surface area contributed by atoms with Gasteiger partial charge in [0.1, 0.15) is 21.3 Å². The molecule has 2 aliphatic rings. The van der Waals surface area contributed by atoms with Crippen molar-refractivity contribution in [2.75, 3.05) is 23.3 Å². The molecule has 2 fully saturated rings. The molecule has 1 aliphatic carbocycles. The summed E-state index contributed by atoms with van der Waals surface area (Å²) in [6.45, 7) is 2.80. The molecule has 3 aromatic rings. The number of aromatic nitrogens is 1. The third-order valence-electron chi connectivity index (χ3n) is 6.09. The normalized spacial score (nSPS) is 21.5. The molecule has 5 nitrogen and oxygen atoms in total. The highest BCUT2D eigenvalue weighted by molar-refractivity contribution is 8.03. The highest BCUT2D eigenvalue weighted by Crippen LogP contribution is 2.61. The molecule has 2 unspecified atom stereocenters. The number of nitrogens with zero attached hydrogens (tertiary/aromatic N) is 2. The molecule has 9 heteroatoms. The quantitative estimate of drug-likeness (QED) is 0.412. The van der Waals surface area contributed by atoms with Crippen LogP contribution < -0.4 is 14.4 Å². The topological polar surface area (TPSA) is 54.5 Å². The Morgan fingerprint density at radius 2 is 2.12 bits per heavy atom. The average Bonchev–Trinajstić information content (AvgIpc) is 3.44. The molecular weight excluding hydrogens is 481 g/mol. The monoisotopic (exact) mass is 503 g/mol. The molecule has 1 amide bonds. The van der Waals surface area contributed by atoms with Gasteiger partial charge in [-0.1, -0.05) is 11.6 Å². The van der Waals surface area contributed by atoms with Gasteiger partial charge in [-0.15, -0.1) is 11.3 Å². The Kier molecular flexibility index (Phi) is 6.01. The minimum absolute atomic E-state index is 0.0304. The third kappa shape index (κ3) is 4.56. The maximum atomic E-state index is 13.7. The van der Waals surface area contributed by atoms with Crippen molar-refractivity contribution in [2.45, 2.75) is 30.9 Å². The summed E-state index contributed by atoms with van der Waals surface area (Å²) in [5.41, 5.74) is 2.60. The average molecular weight is 504 g/mol. The van der Waals surface area contributed by atoms with Crippen molar-refractivity contribution in [1.82, 2.24) is 4.98 Å². The van der Waals surface area contributed by atoms with E-state index in [0.717, 1.165) is 52.1 Å². The number of methoxy groups -OCH3 is 1. The predicted molar refractivity (Wildman–Crippen MR) is 133 cm³/mol. The van der Waals surface area contributed by atoms with Gasteiger partial charge in [-0.25, -0.2) is 9.37 Å². The summed E-state index contributed by atoms with van der Waals surface area (Å²) in [5, 5.41) is 5.05. The number of hydrogen-bond acceptors (Lipinski definition) is 6. The first-order valence-corrected chi connectivity index (χ1v) is 12.7. The number of halogens is 2. The lowest BCUT2D eigenvalue weighted by Gasteiger charge is -2.32. The van der Waals surface area contributed by atoms with E-state index in [2.05, 4.69) is 14.6 Å². The van der Waals surface area contributed by atoms with E-state index in [1.807, 2.05) is 31.2 Å². The second-order valence-electron chi connectivity index (χ2n) is 8.40. The van der Waals surface area contributed by atoms with E-state index in [4.69, 9.17) is 16.3 Å². The Morgan fingerprint density at radius 3 is 2.85 bits per heavy atom. The van der Waals surface area contributed by atoms with Gasteiger partial charge in [-0.2, -0.15) is 0 Å². The number of amides is 1. The van der Waals surface area contributed by atoms with Gasteiger partial charge in [0.15, 0.2) is 0 Å². The Bertz CT molecular complexity index is 1180. The molecular formula is C24H23ClFN3O2S2. The first-order chi connectivity index (χ1) is 15.9.